The van der Waals surface area contributed by atoms with Crippen LogP contribution in [0.1, 0.15) is 20.7 Å². The Bertz CT molecular complexity index is 412. The number of halogens is 1. The fourth-order valence-electron chi connectivity index (χ4n) is 0.886. The van der Waals surface area contributed by atoms with Crippen LogP contribution in [-0.2, 0) is 0 Å². The normalized spacial score (nSPS) is 9.79. The number of carbonyl (C=O) groups is 2. The molecular formula is C8H5ClO5. The smallest absolute Gasteiger partial charge is 0.339 e. The van der Waals surface area contributed by atoms with Gasteiger partial charge in [-0.3, -0.25) is 0 Å². The lowest BCUT2D eigenvalue weighted by Gasteiger charge is -2.03. The molecule has 0 atom stereocenters. The van der Waals surface area contributed by atoms with Crippen LogP contribution in [0.5, 0.6) is 5.75 Å². The highest BCUT2D eigenvalue weighted by Gasteiger charge is 2.16. The number of aromatic hydroxyl groups is 1. The summed E-state index contributed by atoms with van der Waals surface area (Å²) in [6, 6.07) is 1.82. The molecule has 0 fully saturated rings. The van der Waals surface area contributed by atoms with Crippen molar-refractivity contribution < 1.29 is 24.9 Å². The van der Waals surface area contributed by atoms with E-state index in [1.807, 2.05) is 0 Å². The van der Waals surface area contributed by atoms with E-state index in [4.69, 9.17) is 26.9 Å². The molecule has 0 aliphatic rings. The Balaban J connectivity index is 3.43. The van der Waals surface area contributed by atoms with E-state index in [-0.39, 0.29) is 10.6 Å². The highest BCUT2D eigenvalue weighted by Crippen LogP contribution is 2.28. The second kappa shape index (κ2) is 3.55. The van der Waals surface area contributed by atoms with Crippen LogP contribution in [0.3, 0.4) is 0 Å². The van der Waals surface area contributed by atoms with Crippen molar-refractivity contribution in [2.75, 3.05) is 0 Å². The van der Waals surface area contributed by atoms with Crippen LogP contribution in [-0.4, -0.2) is 27.3 Å². The van der Waals surface area contributed by atoms with Gasteiger partial charge in [0.1, 0.15) is 11.3 Å². The van der Waals surface area contributed by atoms with E-state index < -0.39 is 23.3 Å². The van der Waals surface area contributed by atoms with Gasteiger partial charge in [0.15, 0.2) is 0 Å². The van der Waals surface area contributed by atoms with Crippen LogP contribution in [0.25, 0.3) is 0 Å². The third-order valence-corrected chi connectivity index (χ3v) is 1.83. The Morgan fingerprint density at radius 3 is 2.14 bits per heavy atom. The maximum Gasteiger partial charge on any atom is 0.339 e. The molecule has 14 heavy (non-hydrogen) atoms. The summed E-state index contributed by atoms with van der Waals surface area (Å²) in [5.74, 6) is -3.38. The fourth-order valence-corrected chi connectivity index (χ4v) is 1.10. The van der Waals surface area contributed by atoms with Crippen LogP contribution in [0, 0.1) is 0 Å². The third-order valence-electron chi connectivity index (χ3n) is 1.54. The van der Waals surface area contributed by atoms with Crippen molar-refractivity contribution in [2.24, 2.45) is 0 Å². The lowest BCUT2D eigenvalue weighted by atomic mass is 10.1. The fraction of sp³-hybridized carbons (Fsp3) is 0. The minimum atomic E-state index is -1.44. The number of aromatic carboxylic acids is 2. The molecule has 3 N–H and O–H groups in total. The molecule has 0 unspecified atom stereocenters. The van der Waals surface area contributed by atoms with E-state index in [0.717, 1.165) is 12.1 Å². The van der Waals surface area contributed by atoms with Crippen LogP contribution < -0.4 is 0 Å². The number of benzene rings is 1. The Labute approximate surface area is 83.2 Å². The van der Waals surface area contributed by atoms with Gasteiger partial charge in [0.25, 0.3) is 0 Å². The van der Waals surface area contributed by atoms with Crippen molar-refractivity contribution in [2.45, 2.75) is 0 Å². The van der Waals surface area contributed by atoms with E-state index in [1.165, 1.54) is 0 Å². The molecular weight excluding hydrogens is 212 g/mol. The molecule has 0 spiro atoms. The monoisotopic (exact) mass is 216 g/mol. The standard InChI is InChI=1S/C8H5ClO5/c9-5-2-3(7(11)12)1-4(6(5)10)8(13)14/h1-2,10H,(H,11,12)(H,13,14). The lowest BCUT2D eigenvalue weighted by molar-refractivity contribution is 0.0693. The first-order valence-corrected chi connectivity index (χ1v) is 3.80. The van der Waals surface area contributed by atoms with E-state index >= 15 is 0 Å². The first-order chi connectivity index (χ1) is 6.43. The number of hydrogen-bond donors (Lipinski definition) is 3. The molecule has 0 saturated heterocycles. The second-order valence-corrected chi connectivity index (χ2v) is 2.87. The van der Waals surface area contributed by atoms with Crippen molar-refractivity contribution in [3.8, 4) is 5.75 Å². The molecule has 1 aromatic rings. The van der Waals surface area contributed by atoms with Crippen molar-refractivity contribution in [1.82, 2.24) is 0 Å². The second-order valence-electron chi connectivity index (χ2n) is 2.46. The SMILES string of the molecule is O=C(O)c1cc(Cl)c(O)c(C(=O)O)c1. The summed E-state index contributed by atoms with van der Waals surface area (Å²) in [5.41, 5.74) is -0.819. The third kappa shape index (κ3) is 1.77. The number of rotatable bonds is 2. The molecule has 74 valence electrons. The summed E-state index contributed by atoms with van der Waals surface area (Å²) in [7, 11) is 0. The van der Waals surface area contributed by atoms with E-state index in [0.29, 0.717) is 0 Å². The van der Waals surface area contributed by atoms with Crippen molar-refractivity contribution in [1.29, 1.82) is 0 Å². The van der Waals surface area contributed by atoms with Crippen LogP contribution in [0.4, 0.5) is 0 Å². The van der Waals surface area contributed by atoms with Crippen LogP contribution in [0.2, 0.25) is 5.02 Å². The van der Waals surface area contributed by atoms with Gasteiger partial charge in [0.05, 0.1) is 10.6 Å². The Kier molecular flexibility index (Phi) is 2.62. The highest BCUT2D eigenvalue weighted by atomic mass is 35.5. The topological polar surface area (TPSA) is 94.8 Å². The summed E-state index contributed by atoms with van der Waals surface area (Å²) in [6.45, 7) is 0. The van der Waals surface area contributed by atoms with E-state index in [1.54, 1.807) is 0 Å². The molecule has 1 rings (SSSR count). The maximum absolute atomic E-state index is 10.5. The summed E-state index contributed by atoms with van der Waals surface area (Å²) in [6.07, 6.45) is 0. The lowest BCUT2D eigenvalue weighted by Crippen LogP contribution is -2.02. The molecule has 0 aliphatic carbocycles. The van der Waals surface area contributed by atoms with Crippen LogP contribution >= 0.6 is 11.6 Å². The maximum atomic E-state index is 10.5. The van der Waals surface area contributed by atoms with Gasteiger partial charge < -0.3 is 15.3 Å². The Hall–Kier alpha value is -1.75. The molecule has 0 aliphatic heterocycles. The van der Waals surface area contributed by atoms with Crippen molar-refractivity contribution in [3.05, 3.63) is 28.3 Å². The number of phenols is 1. The molecule has 0 bridgehead atoms. The highest BCUT2D eigenvalue weighted by molar-refractivity contribution is 6.33. The minimum absolute atomic E-state index is 0.287. The molecule has 1 aromatic carbocycles. The quantitative estimate of drug-likeness (QED) is 0.695. The average molecular weight is 217 g/mol. The molecule has 0 saturated carbocycles. The molecule has 6 heteroatoms. The van der Waals surface area contributed by atoms with Gasteiger partial charge in [-0.1, -0.05) is 11.6 Å². The van der Waals surface area contributed by atoms with E-state index in [2.05, 4.69) is 0 Å². The van der Waals surface area contributed by atoms with Gasteiger partial charge >= 0.3 is 11.9 Å². The zero-order chi connectivity index (χ0) is 10.9. The van der Waals surface area contributed by atoms with Gasteiger partial charge in [-0.15, -0.1) is 0 Å². The minimum Gasteiger partial charge on any atom is -0.505 e. The molecule has 0 amide bonds. The first-order valence-electron chi connectivity index (χ1n) is 3.42. The zero-order valence-electron chi connectivity index (χ0n) is 6.69. The van der Waals surface area contributed by atoms with Gasteiger partial charge in [-0.05, 0) is 12.1 Å². The summed E-state index contributed by atoms with van der Waals surface area (Å²) >= 11 is 5.43. The van der Waals surface area contributed by atoms with Gasteiger partial charge in [-0.2, -0.15) is 0 Å². The number of carboxylic acid groups (broad SMARTS) is 2. The number of hydrogen-bond acceptors (Lipinski definition) is 3. The summed E-state index contributed by atoms with van der Waals surface area (Å²) in [5, 5.41) is 26.0. The zero-order valence-corrected chi connectivity index (χ0v) is 7.45. The molecule has 0 heterocycles. The Morgan fingerprint density at radius 2 is 1.71 bits per heavy atom. The predicted molar refractivity (Wildman–Crippen MR) is 47.0 cm³/mol. The van der Waals surface area contributed by atoms with Crippen molar-refractivity contribution in [3.63, 3.8) is 0 Å². The van der Waals surface area contributed by atoms with Gasteiger partial charge in [-0.25, -0.2) is 9.59 Å². The summed E-state index contributed by atoms with van der Waals surface area (Å²) in [4.78, 5) is 21.0. The van der Waals surface area contributed by atoms with Crippen molar-refractivity contribution >= 4 is 23.5 Å². The molecule has 0 radical (unpaired) electrons. The van der Waals surface area contributed by atoms with Gasteiger partial charge in [0, 0.05) is 0 Å². The predicted octanol–water partition coefficient (Wildman–Crippen LogP) is 1.44. The van der Waals surface area contributed by atoms with E-state index in [9.17, 15) is 9.59 Å². The number of carboxylic acids is 2. The molecule has 5 nitrogen and oxygen atoms in total. The molecule has 0 aromatic heterocycles. The average Bonchev–Trinajstić information content (AvgIpc) is 2.08. The first kappa shape index (κ1) is 10.3. The Morgan fingerprint density at radius 1 is 1.14 bits per heavy atom. The largest absolute Gasteiger partial charge is 0.505 e. The summed E-state index contributed by atoms with van der Waals surface area (Å²) < 4.78 is 0. The van der Waals surface area contributed by atoms with Crippen LogP contribution in [0.15, 0.2) is 12.1 Å². The van der Waals surface area contributed by atoms with Gasteiger partial charge in [0.2, 0.25) is 0 Å².